The molecule has 0 aliphatic carbocycles. The maximum atomic E-state index is 12.9. The quantitative estimate of drug-likeness (QED) is 0.666. The maximum absolute atomic E-state index is 12.9. The van der Waals surface area contributed by atoms with Crippen LogP contribution in [0.15, 0.2) is 36.4 Å². The fourth-order valence-corrected chi connectivity index (χ4v) is 4.94. The molecule has 1 amide bonds. The van der Waals surface area contributed by atoms with Crippen LogP contribution < -0.4 is 14.2 Å². The summed E-state index contributed by atoms with van der Waals surface area (Å²) in [7, 11) is 0. The third kappa shape index (κ3) is 5.37. The van der Waals surface area contributed by atoms with Crippen molar-refractivity contribution in [2.75, 3.05) is 46.1 Å². The molecule has 1 atom stereocenters. The third-order valence-corrected chi connectivity index (χ3v) is 6.71. The number of halogens is 1. The summed E-state index contributed by atoms with van der Waals surface area (Å²) in [5.41, 5.74) is 2.29. The van der Waals surface area contributed by atoms with E-state index in [0.29, 0.717) is 18.2 Å². The highest BCUT2D eigenvalue weighted by atomic mass is 35.5. The van der Waals surface area contributed by atoms with E-state index in [9.17, 15) is 4.79 Å². The number of carbonyl (C=O) groups excluding carboxylic acids is 1. The van der Waals surface area contributed by atoms with Crippen LogP contribution >= 0.6 is 11.6 Å². The van der Waals surface area contributed by atoms with Crippen LogP contribution in [-0.4, -0.2) is 72.8 Å². The Morgan fingerprint density at radius 1 is 1.00 bits per heavy atom. The minimum Gasteiger partial charge on any atom is -0.489 e. The summed E-state index contributed by atoms with van der Waals surface area (Å²) in [4.78, 5) is 19.6. The van der Waals surface area contributed by atoms with Gasteiger partial charge in [-0.1, -0.05) is 17.7 Å². The molecule has 0 spiro atoms. The summed E-state index contributed by atoms with van der Waals surface area (Å²) in [6.07, 6.45) is 0.590. The molecule has 3 aliphatic rings. The molecule has 33 heavy (non-hydrogen) atoms. The van der Waals surface area contributed by atoms with Gasteiger partial charge >= 0.3 is 0 Å². The molecule has 8 heteroatoms. The van der Waals surface area contributed by atoms with E-state index < -0.39 is 0 Å². The second-order valence-corrected chi connectivity index (χ2v) is 9.45. The van der Waals surface area contributed by atoms with Crippen LogP contribution in [-0.2, 0) is 17.9 Å². The first-order chi connectivity index (χ1) is 16.0. The van der Waals surface area contributed by atoms with Gasteiger partial charge in [0.25, 0.3) is 0 Å². The molecular formula is C25H30ClN3O4. The molecule has 3 heterocycles. The molecule has 5 rings (SSSR count). The lowest BCUT2D eigenvalue weighted by atomic mass is 10.1. The average Bonchev–Trinajstić information content (AvgIpc) is 3.21. The number of carbonyl (C=O) groups is 1. The number of piperazine rings is 1. The van der Waals surface area contributed by atoms with Crippen molar-refractivity contribution in [3.8, 4) is 17.2 Å². The van der Waals surface area contributed by atoms with E-state index in [1.807, 2.05) is 29.2 Å². The minimum absolute atomic E-state index is 0.0715. The summed E-state index contributed by atoms with van der Waals surface area (Å²) < 4.78 is 16.9. The molecule has 3 aliphatic heterocycles. The molecule has 1 fully saturated rings. The van der Waals surface area contributed by atoms with Gasteiger partial charge in [-0.15, -0.1) is 0 Å². The van der Waals surface area contributed by atoms with Gasteiger partial charge in [0.2, 0.25) is 12.7 Å². The number of rotatable bonds is 5. The van der Waals surface area contributed by atoms with Crippen LogP contribution in [0.2, 0.25) is 5.02 Å². The van der Waals surface area contributed by atoms with Gasteiger partial charge in [-0.05, 0) is 42.8 Å². The average molecular weight is 472 g/mol. The fourth-order valence-electron chi connectivity index (χ4n) is 4.74. The Labute approximate surface area is 199 Å². The first kappa shape index (κ1) is 22.3. The lowest BCUT2D eigenvalue weighted by molar-refractivity contribution is -0.133. The lowest BCUT2D eigenvalue weighted by Crippen LogP contribution is -2.48. The van der Waals surface area contributed by atoms with Crippen molar-refractivity contribution in [1.29, 1.82) is 0 Å². The van der Waals surface area contributed by atoms with Crippen LogP contribution in [0.5, 0.6) is 17.2 Å². The van der Waals surface area contributed by atoms with E-state index in [-0.39, 0.29) is 12.0 Å². The summed E-state index contributed by atoms with van der Waals surface area (Å²) in [5, 5.41) is 0.710. The number of hydrogen-bond acceptors (Lipinski definition) is 6. The maximum Gasteiger partial charge on any atom is 0.231 e. The third-order valence-electron chi connectivity index (χ3n) is 6.47. The molecule has 176 valence electrons. The number of nitrogens with zero attached hydrogens (tertiary/aromatic N) is 3. The highest BCUT2D eigenvalue weighted by Crippen LogP contribution is 2.33. The number of amides is 1. The zero-order valence-electron chi connectivity index (χ0n) is 19.0. The smallest absolute Gasteiger partial charge is 0.231 e. The SMILES string of the molecule is CC1CN(CCC(=O)N2CCN(Cc3ccc4c(c3)OCO4)CC2)Cc2cc(Cl)ccc2O1. The van der Waals surface area contributed by atoms with Gasteiger partial charge in [0, 0.05) is 69.4 Å². The molecule has 0 radical (unpaired) electrons. The second-order valence-electron chi connectivity index (χ2n) is 9.01. The minimum atomic E-state index is 0.0715. The van der Waals surface area contributed by atoms with Crippen molar-refractivity contribution in [3.05, 3.63) is 52.5 Å². The van der Waals surface area contributed by atoms with Crippen LogP contribution in [0, 0.1) is 0 Å². The van der Waals surface area contributed by atoms with Gasteiger partial charge in [-0.3, -0.25) is 14.6 Å². The van der Waals surface area contributed by atoms with Crippen molar-refractivity contribution in [1.82, 2.24) is 14.7 Å². The first-order valence-electron chi connectivity index (χ1n) is 11.6. The largest absolute Gasteiger partial charge is 0.489 e. The highest BCUT2D eigenvalue weighted by molar-refractivity contribution is 6.30. The standard InChI is InChI=1S/C25H30ClN3O4/c1-18-14-28(16-20-13-21(26)3-5-22(20)33-18)7-6-25(30)29-10-8-27(9-11-29)15-19-2-4-23-24(12-19)32-17-31-23/h2-5,12-13,18H,6-11,14-17H2,1H3. The van der Waals surface area contributed by atoms with Gasteiger partial charge in [-0.2, -0.15) is 0 Å². The van der Waals surface area contributed by atoms with E-state index in [1.54, 1.807) is 0 Å². The Hall–Kier alpha value is -2.48. The van der Waals surface area contributed by atoms with E-state index >= 15 is 0 Å². The van der Waals surface area contributed by atoms with Gasteiger partial charge < -0.3 is 19.1 Å². The molecule has 7 nitrogen and oxygen atoms in total. The molecule has 1 unspecified atom stereocenters. The first-order valence-corrected chi connectivity index (χ1v) is 12.0. The summed E-state index contributed by atoms with van der Waals surface area (Å²) in [6.45, 7) is 8.76. The van der Waals surface area contributed by atoms with Crippen LogP contribution in [0.3, 0.4) is 0 Å². The molecule has 0 N–H and O–H groups in total. The Morgan fingerprint density at radius 2 is 1.79 bits per heavy atom. The van der Waals surface area contributed by atoms with Gasteiger partial charge in [-0.25, -0.2) is 0 Å². The summed E-state index contributed by atoms with van der Waals surface area (Å²) in [6, 6.07) is 11.9. The van der Waals surface area contributed by atoms with Gasteiger partial charge in [0.1, 0.15) is 11.9 Å². The van der Waals surface area contributed by atoms with Crippen molar-refractivity contribution in [3.63, 3.8) is 0 Å². The fraction of sp³-hybridized carbons (Fsp3) is 0.480. The highest BCUT2D eigenvalue weighted by Gasteiger charge is 2.24. The molecular weight excluding hydrogens is 442 g/mol. The van der Waals surface area contributed by atoms with Crippen molar-refractivity contribution in [2.45, 2.75) is 32.5 Å². The molecule has 2 aromatic carbocycles. The van der Waals surface area contributed by atoms with E-state index in [1.165, 1.54) is 5.56 Å². The van der Waals surface area contributed by atoms with Crippen LogP contribution in [0.4, 0.5) is 0 Å². The van der Waals surface area contributed by atoms with Gasteiger partial charge in [0.05, 0.1) is 0 Å². The van der Waals surface area contributed by atoms with Crippen molar-refractivity contribution < 1.29 is 19.0 Å². The Balaban J connectivity index is 1.10. The zero-order chi connectivity index (χ0) is 22.8. The Kier molecular flexibility index (Phi) is 6.62. The Morgan fingerprint density at radius 3 is 2.64 bits per heavy atom. The molecule has 0 bridgehead atoms. The summed E-state index contributed by atoms with van der Waals surface area (Å²) >= 11 is 6.18. The van der Waals surface area contributed by atoms with Crippen LogP contribution in [0.1, 0.15) is 24.5 Å². The summed E-state index contributed by atoms with van der Waals surface area (Å²) in [5.74, 6) is 2.74. The zero-order valence-corrected chi connectivity index (χ0v) is 19.7. The van der Waals surface area contributed by atoms with Crippen molar-refractivity contribution >= 4 is 17.5 Å². The normalized spacial score (nSPS) is 20.8. The number of hydrogen-bond donors (Lipinski definition) is 0. The predicted molar refractivity (Wildman–Crippen MR) is 126 cm³/mol. The second kappa shape index (κ2) is 9.79. The van der Waals surface area contributed by atoms with E-state index in [0.717, 1.165) is 75.2 Å². The van der Waals surface area contributed by atoms with E-state index in [2.05, 4.69) is 28.9 Å². The molecule has 0 aromatic heterocycles. The molecule has 0 saturated carbocycles. The number of ether oxygens (including phenoxy) is 3. The lowest BCUT2D eigenvalue weighted by Gasteiger charge is -2.35. The molecule has 1 saturated heterocycles. The number of fused-ring (bicyclic) bond motifs is 2. The van der Waals surface area contributed by atoms with Gasteiger partial charge in [0.15, 0.2) is 11.5 Å². The topological polar surface area (TPSA) is 54.5 Å². The van der Waals surface area contributed by atoms with Crippen LogP contribution in [0.25, 0.3) is 0 Å². The van der Waals surface area contributed by atoms with Crippen molar-refractivity contribution in [2.24, 2.45) is 0 Å². The van der Waals surface area contributed by atoms with E-state index in [4.69, 9.17) is 25.8 Å². The monoisotopic (exact) mass is 471 g/mol. The number of benzene rings is 2. The predicted octanol–water partition coefficient (Wildman–Crippen LogP) is 3.39. The Bertz CT molecular complexity index is 1010. The molecule has 2 aromatic rings.